The van der Waals surface area contributed by atoms with E-state index in [2.05, 4.69) is 20.7 Å². The number of aromatic amines is 1. The minimum atomic E-state index is -0.489. The van der Waals surface area contributed by atoms with Crippen LogP contribution in [0.4, 0.5) is 5.69 Å². The summed E-state index contributed by atoms with van der Waals surface area (Å²) < 4.78 is 5.96. The number of rotatable bonds is 8. The van der Waals surface area contributed by atoms with Crippen molar-refractivity contribution in [3.63, 3.8) is 0 Å². The van der Waals surface area contributed by atoms with Gasteiger partial charge in [0.15, 0.2) is 0 Å². The molecule has 1 heterocycles. The second-order valence-electron chi connectivity index (χ2n) is 7.13. The molecule has 3 aromatic carbocycles. The number of para-hydroxylation sites is 1. The quantitative estimate of drug-likeness (QED) is 0.211. The standard InChI is InChI=1S/C24H18ClN5O4/c25-18-9-5-17(6-10-18)15-34-23-4-2-1-3-20(23)21-13-22(28-27-21)24(31)29-26-14-16-7-11-19(12-8-16)30(32)33/h1-14H,15H2,(H,27,28)(H,29,31)/b26-14-. The monoisotopic (exact) mass is 475 g/mol. The number of aromatic nitrogens is 2. The van der Waals surface area contributed by atoms with Crippen LogP contribution in [0, 0.1) is 10.1 Å². The molecule has 0 saturated carbocycles. The number of hydrogen-bond acceptors (Lipinski definition) is 6. The van der Waals surface area contributed by atoms with Gasteiger partial charge in [0, 0.05) is 22.7 Å². The number of hydrogen-bond donors (Lipinski definition) is 2. The Morgan fingerprint density at radius 2 is 1.85 bits per heavy atom. The highest BCUT2D eigenvalue weighted by Crippen LogP contribution is 2.29. The van der Waals surface area contributed by atoms with E-state index in [4.69, 9.17) is 16.3 Å². The van der Waals surface area contributed by atoms with Crippen molar-refractivity contribution in [3.05, 3.63) is 111 Å². The molecule has 9 nitrogen and oxygen atoms in total. The highest BCUT2D eigenvalue weighted by molar-refractivity contribution is 6.30. The van der Waals surface area contributed by atoms with E-state index in [-0.39, 0.29) is 11.4 Å². The molecule has 0 saturated heterocycles. The van der Waals surface area contributed by atoms with Crippen molar-refractivity contribution in [2.45, 2.75) is 6.61 Å². The van der Waals surface area contributed by atoms with Crippen molar-refractivity contribution < 1.29 is 14.5 Å². The molecular weight excluding hydrogens is 458 g/mol. The Morgan fingerprint density at radius 1 is 1.12 bits per heavy atom. The third-order valence-electron chi connectivity index (χ3n) is 4.78. The van der Waals surface area contributed by atoms with Crippen molar-refractivity contribution in [2.24, 2.45) is 5.10 Å². The van der Waals surface area contributed by atoms with Crippen LogP contribution in [-0.2, 0) is 6.61 Å². The Morgan fingerprint density at radius 3 is 2.59 bits per heavy atom. The summed E-state index contributed by atoms with van der Waals surface area (Å²) in [5.74, 6) is 0.128. The lowest BCUT2D eigenvalue weighted by Crippen LogP contribution is -2.18. The van der Waals surface area contributed by atoms with Gasteiger partial charge in [-0.05, 0) is 53.6 Å². The molecule has 170 valence electrons. The Balaban J connectivity index is 1.41. The summed E-state index contributed by atoms with van der Waals surface area (Å²) >= 11 is 5.92. The van der Waals surface area contributed by atoms with Crippen LogP contribution in [0.2, 0.25) is 5.02 Å². The predicted octanol–water partition coefficient (Wildman–Crippen LogP) is 4.98. The van der Waals surface area contributed by atoms with Crippen molar-refractivity contribution in [3.8, 4) is 17.0 Å². The van der Waals surface area contributed by atoms with Crippen molar-refractivity contribution in [1.29, 1.82) is 0 Å². The summed E-state index contributed by atoms with van der Waals surface area (Å²) in [6.07, 6.45) is 1.39. The maximum Gasteiger partial charge on any atom is 0.289 e. The van der Waals surface area contributed by atoms with Crippen molar-refractivity contribution in [2.75, 3.05) is 0 Å². The van der Waals surface area contributed by atoms with Gasteiger partial charge < -0.3 is 4.74 Å². The number of carbonyl (C=O) groups is 1. The molecule has 10 heteroatoms. The van der Waals surface area contributed by atoms with Crippen LogP contribution in [0.15, 0.2) is 84.0 Å². The lowest BCUT2D eigenvalue weighted by atomic mass is 10.1. The molecule has 0 aliphatic heterocycles. The summed E-state index contributed by atoms with van der Waals surface area (Å²) in [5.41, 5.74) is 5.41. The smallest absolute Gasteiger partial charge is 0.289 e. The summed E-state index contributed by atoms with van der Waals surface area (Å²) in [7, 11) is 0. The second-order valence-corrected chi connectivity index (χ2v) is 7.56. The molecule has 0 aliphatic carbocycles. The molecule has 34 heavy (non-hydrogen) atoms. The number of nitro groups is 1. The molecule has 0 unspecified atom stereocenters. The number of H-pyrrole nitrogens is 1. The van der Waals surface area contributed by atoms with Gasteiger partial charge >= 0.3 is 0 Å². The number of nitro benzene ring substituents is 1. The summed E-state index contributed by atoms with van der Waals surface area (Å²) in [6.45, 7) is 0.351. The molecular formula is C24H18ClN5O4. The van der Waals surface area contributed by atoms with Gasteiger partial charge in [0.1, 0.15) is 18.1 Å². The highest BCUT2D eigenvalue weighted by Gasteiger charge is 2.14. The third kappa shape index (κ3) is 5.64. The van der Waals surface area contributed by atoms with Crippen LogP contribution >= 0.6 is 11.6 Å². The maximum atomic E-state index is 12.4. The van der Waals surface area contributed by atoms with Crippen LogP contribution in [-0.4, -0.2) is 27.2 Å². The minimum Gasteiger partial charge on any atom is -0.488 e. The fraction of sp³-hybridized carbons (Fsp3) is 0.0417. The van der Waals surface area contributed by atoms with Gasteiger partial charge in [-0.2, -0.15) is 10.2 Å². The number of nitrogens with zero attached hydrogens (tertiary/aromatic N) is 3. The number of halogens is 1. The van der Waals surface area contributed by atoms with Crippen LogP contribution in [0.1, 0.15) is 21.6 Å². The van der Waals surface area contributed by atoms with E-state index in [0.717, 1.165) is 11.1 Å². The number of benzene rings is 3. The molecule has 0 fully saturated rings. The number of carbonyl (C=O) groups excluding carboxylic acids is 1. The lowest BCUT2D eigenvalue weighted by Gasteiger charge is -2.10. The number of non-ortho nitro benzene ring substituents is 1. The van der Waals surface area contributed by atoms with Crippen molar-refractivity contribution in [1.82, 2.24) is 15.6 Å². The topological polar surface area (TPSA) is 123 Å². The number of amides is 1. The molecule has 0 bridgehead atoms. The Hall–Kier alpha value is -4.50. The summed E-state index contributed by atoms with van der Waals surface area (Å²) in [4.78, 5) is 22.6. The molecule has 0 atom stereocenters. The Labute approximate surface area is 199 Å². The van der Waals surface area contributed by atoms with E-state index >= 15 is 0 Å². The Bertz CT molecular complexity index is 1330. The molecule has 2 N–H and O–H groups in total. The predicted molar refractivity (Wildman–Crippen MR) is 128 cm³/mol. The molecule has 4 aromatic rings. The zero-order chi connectivity index (χ0) is 23.9. The highest BCUT2D eigenvalue weighted by atomic mass is 35.5. The van der Waals surface area contributed by atoms with Crippen LogP contribution in [0.3, 0.4) is 0 Å². The zero-order valence-electron chi connectivity index (χ0n) is 17.6. The van der Waals surface area contributed by atoms with E-state index < -0.39 is 10.8 Å². The van der Waals surface area contributed by atoms with Gasteiger partial charge in [-0.25, -0.2) is 5.43 Å². The average Bonchev–Trinajstić information content (AvgIpc) is 3.34. The largest absolute Gasteiger partial charge is 0.488 e. The maximum absolute atomic E-state index is 12.4. The Kier molecular flexibility index (Phi) is 6.95. The van der Waals surface area contributed by atoms with Gasteiger partial charge in [-0.15, -0.1) is 0 Å². The SMILES string of the molecule is O=C(N/N=C\c1ccc([N+](=O)[O-])cc1)c1cc(-c2ccccc2OCc2ccc(Cl)cc2)n[nH]1. The van der Waals surface area contributed by atoms with E-state index in [1.165, 1.54) is 30.5 Å². The molecule has 0 radical (unpaired) electrons. The molecule has 0 spiro atoms. The normalized spacial score (nSPS) is 10.9. The first-order chi connectivity index (χ1) is 16.5. The molecule has 1 amide bonds. The number of nitrogens with one attached hydrogen (secondary N) is 2. The van der Waals surface area contributed by atoms with Gasteiger partial charge in [0.25, 0.3) is 11.6 Å². The first-order valence-corrected chi connectivity index (χ1v) is 10.5. The van der Waals surface area contributed by atoms with Crippen molar-refractivity contribution >= 4 is 29.4 Å². The van der Waals surface area contributed by atoms with Crippen LogP contribution in [0.25, 0.3) is 11.3 Å². The number of hydrazone groups is 1. The van der Waals surface area contributed by atoms with Crippen LogP contribution < -0.4 is 10.2 Å². The molecule has 0 aliphatic rings. The fourth-order valence-electron chi connectivity index (χ4n) is 3.03. The lowest BCUT2D eigenvalue weighted by molar-refractivity contribution is -0.384. The molecule has 4 rings (SSSR count). The summed E-state index contributed by atoms with van der Waals surface area (Å²) in [6, 6.07) is 22.1. The van der Waals surface area contributed by atoms with Gasteiger partial charge in [-0.3, -0.25) is 20.0 Å². The van der Waals surface area contributed by atoms with Gasteiger partial charge in [-0.1, -0.05) is 35.9 Å². The summed E-state index contributed by atoms with van der Waals surface area (Å²) in [5, 5.41) is 22.2. The van der Waals surface area contributed by atoms with E-state index in [9.17, 15) is 14.9 Å². The number of ether oxygens (including phenoxy) is 1. The van der Waals surface area contributed by atoms with E-state index in [1.54, 1.807) is 18.2 Å². The van der Waals surface area contributed by atoms with Gasteiger partial charge in [0.2, 0.25) is 0 Å². The first kappa shape index (κ1) is 22.7. The first-order valence-electron chi connectivity index (χ1n) is 10.1. The molecule has 1 aromatic heterocycles. The second kappa shape index (κ2) is 10.4. The average molecular weight is 476 g/mol. The fourth-order valence-corrected chi connectivity index (χ4v) is 3.16. The van der Waals surface area contributed by atoms with Crippen LogP contribution in [0.5, 0.6) is 5.75 Å². The van der Waals surface area contributed by atoms with Gasteiger partial charge in [0.05, 0.1) is 16.8 Å². The van der Waals surface area contributed by atoms with E-state index in [1.807, 2.05) is 36.4 Å². The minimum absolute atomic E-state index is 0.0244. The third-order valence-corrected chi connectivity index (χ3v) is 5.03. The zero-order valence-corrected chi connectivity index (χ0v) is 18.4. The van der Waals surface area contributed by atoms with E-state index in [0.29, 0.717) is 28.6 Å².